The molecule has 2 aliphatic rings. The standard InChI is InChI=1S/C18H20BrN5O4S/c19-11-2-1-10(29-11)18(3-4-18)6-20-15-12-16(22-7-21-15)24(8-23-12)17-14(27)13(26)9(5-25)28-17/h1-2,7-9,13-14,17,25-27H,3-6H2,(H,20,21,22)/t9-,13-,14-,17-/m1/s1. The SMILES string of the molecule is OC[C@H]1O[C@@H](n2cnc3c(NCC4(c5ccc(Br)s5)CC4)ncnc32)[C@H](O)[C@@H]1O. The lowest BCUT2D eigenvalue weighted by Gasteiger charge is -2.17. The van der Waals surface area contributed by atoms with Crippen molar-refractivity contribution in [1.29, 1.82) is 0 Å². The van der Waals surface area contributed by atoms with Gasteiger partial charge in [-0.15, -0.1) is 11.3 Å². The Hall–Kier alpha value is -1.63. The minimum atomic E-state index is -1.19. The molecule has 1 aliphatic carbocycles. The molecule has 4 heterocycles. The number of aliphatic hydroxyl groups excluding tert-OH is 3. The summed E-state index contributed by atoms with van der Waals surface area (Å²) in [6, 6.07) is 4.24. The van der Waals surface area contributed by atoms with E-state index >= 15 is 0 Å². The van der Waals surface area contributed by atoms with Gasteiger partial charge in [0.15, 0.2) is 23.2 Å². The lowest BCUT2D eigenvalue weighted by molar-refractivity contribution is -0.0511. The van der Waals surface area contributed by atoms with Gasteiger partial charge in [0.05, 0.1) is 16.7 Å². The molecule has 0 unspecified atom stereocenters. The fourth-order valence-electron chi connectivity index (χ4n) is 3.79. The first kappa shape index (κ1) is 19.3. The van der Waals surface area contributed by atoms with Crippen molar-refractivity contribution in [3.05, 3.63) is 33.5 Å². The predicted molar refractivity (Wildman–Crippen MR) is 110 cm³/mol. The molecule has 1 saturated carbocycles. The van der Waals surface area contributed by atoms with Gasteiger partial charge in [-0.05, 0) is 40.9 Å². The van der Waals surface area contributed by atoms with Gasteiger partial charge in [0, 0.05) is 16.8 Å². The maximum absolute atomic E-state index is 10.3. The van der Waals surface area contributed by atoms with E-state index in [9.17, 15) is 15.3 Å². The Balaban J connectivity index is 1.40. The number of nitrogens with one attached hydrogen (secondary N) is 1. The van der Waals surface area contributed by atoms with E-state index < -0.39 is 24.5 Å². The fourth-order valence-corrected chi connectivity index (χ4v) is 5.42. The molecule has 2 fully saturated rings. The monoisotopic (exact) mass is 481 g/mol. The van der Waals surface area contributed by atoms with Crippen LogP contribution in [0.4, 0.5) is 5.82 Å². The molecule has 3 aromatic heterocycles. The minimum Gasteiger partial charge on any atom is -0.394 e. The summed E-state index contributed by atoms with van der Waals surface area (Å²) in [5.41, 5.74) is 1.18. The molecule has 3 aromatic rings. The molecule has 29 heavy (non-hydrogen) atoms. The minimum absolute atomic E-state index is 0.125. The molecule has 1 aliphatic heterocycles. The number of nitrogens with zero attached hydrogens (tertiary/aromatic N) is 4. The van der Waals surface area contributed by atoms with Gasteiger partial charge in [0.1, 0.15) is 24.6 Å². The van der Waals surface area contributed by atoms with Gasteiger partial charge in [-0.3, -0.25) is 4.57 Å². The maximum atomic E-state index is 10.3. The second kappa shape index (κ2) is 7.25. The van der Waals surface area contributed by atoms with Gasteiger partial charge in [-0.25, -0.2) is 15.0 Å². The zero-order valence-electron chi connectivity index (χ0n) is 15.3. The fraction of sp³-hybridized carbons (Fsp3) is 0.500. The van der Waals surface area contributed by atoms with E-state index in [0.29, 0.717) is 17.0 Å². The van der Waals surface area contributed by atoms with E-state index in [4.69, 9.17) is 4.74 Å². The molecule has 5 rings (SSSR count). The van der Waals surface area contributed by atoms with Crippen molar-refractivity contribution in [2.75, 3.05) is 18.5 Å². The van der Waals surface area contributed by atoms with Crippen LogP contribution in [0, 0.1) is 0 Å². The molecule has 154 valence electrons. The van der Waals surface area contributed by atoms with E-state index in [-0.39, 0.29) is 12.0 Å². The second-order valence-electron chi connectivity index (χ2n) is 7.51. The van der Waals surface area contributed by atoms with E-state index in [2.05, 4.69) is 48.3 Å². The van der Waals surface area contributed by atoms with Gasteiger partial charge in [0.25, 0.3) is 0 Å². The van der Waals surface area contributed by atoms with Crippen molar-refractivity contribution in [2.45, 2.75) is 42.8 Å². The molecule has 4 atom stereocenters. The molecular formula is C18H20BrN5O4S. The summed E-state index contributed by atoms with van der Waals surface area (Å²) >= 11 is 5.29. The van der Waals surface area contributed by atoms with Crippen LogP contribution in [0.15, 0.2) is 28.6 Å². The summed E-state index contributed by atoms with van der Waals surface area (Å²) < 4.78 is 8.29. The molecule has 1 saturated heterocycles. The normalized spacial score (nSPS) is 28.1. The van der Waals surface area contributed by atoms with Crippen LogP contribution in [0.3, 0.4) is 0 Å². The molecular weight excluding hydrogens is 462 g/mol. The summed E-state index contributed by atoms with van der Waals surface area (Å²) in [4.78, 5) is 14.4. The van der Waals surface area contributed by atoms with E-state index in [1.807, 2.05) is 0 Å². The van der Waals surface area contributed by atoms with Gasteiger partial charge in [0.2, 0.25) is 0 Å². The second-order valence-corrected chi connectivity index (χ2v) is 9.98. The highest BCUT2D eigenvalue weighted by Crippen LogP contribution is 2.51. The van der Waals surface area contributed by atoms with Crippen molar-refractivity contribution in [3.63, 3.8) is 0 Å². The Morgan fingerprint density at radius 1 is 1.24 bits per heavy atom. The summed E-state index contributed by atoms with van der Waals surface area (Å²) in [7, 11) is 0. The van der Waals surface area contributed by atoms with E-state index in [1.165, 1.54) is 17.5 Å². The summed E-state index contributed by atoms with van der Waals surface area (Å²) in [5, 5.41) is 33.1. The van der Waals surface area contributed by atoms with Crippen LogP contribution >= 0.6 is 27.3 Å². The number of hydrogen-bond acceptors (Lipinski definition) is 9. The lowest BCUT2D eigenvalue weighted by atomic mass is 10.1. The topological polar surface area (TPSA) is 126 Å². The van der Waals surface area contributed by atoms with Gasteiger partial charge in [-0.1, -0.05) is 0 Å². The Morgan fingerprint density at radius 2 is 2.07 bits per heavy atom. The van der Waals surface area contributed by atoms with Crippen molar-refractivity contribution in [3.8, 4) is 0 Å². The number of aromatic nitrogens is 4. The van der Waals surface area contributed by atoms with Crippen molar-refractivity contribution < 1.29 is 20.1 Å². The number of rotatable bonds is 6. The molecule has 11 heteroatoms. The lowest BCUT2D eigenvalue weighted by Crippen LogP contribution is -2.33. The number of aliphatic hydroxyl groups is 3. The third-order valence-electron chi connectivity index (χ3n) is 5.69. The van der Waals surface area contributed by atoms with Gasteiger partial charge in [-0.2, -0.15) is 0 Å². The zero-order chi connectivity index (χ0) is 20.2. The van der Waals surface area contributed by atoms with Crippen LogP contribution in [0.2, 0.25) is 0 Å². The third-order valence-corrected chi connectivity index (χ3v) is 7.56. The first-order valence-electron chi connectivity index (χ1n) is 9.32. The first-order chi connectivity index (χ1) is 14.0. The zero-order valence-corrected chi connectivity index (χ0v) is 17.7. The van der Waals surface area contributed by atoms with Crippen molar-refractivity contribution in [1.82, 2.24) is 19.5 Å². The molecule has 0 spiro atoms. The highest BCUT2D eigenvalue weighted by atomic mass is 79.9. The van der Waals surface area contributed by atoms with Crippen LogP contribution in [0.5, 0.6) is 0 Å². The molecule has 0 bridgehead atoms. The maximum Gasteiger partial charge on any atom is 0.167 e. The van der Waals surface area contributed by atoms with Crippen LogP contribution in [-0.2, 0) is 10.2 Å². The number of thiophene rings is 1. The Labute approximate surface area is 178 Å². The average Bonchev–Trinajstić information content (AvgIpc) is 3.03. The number of ether oxygens (including phenoxy) is 1. The molecule has 0 amide bonds. The smallest absolute Gasteiger partial charge is 0.167 e. The molecule has 9 nitrogen and oxygen atoms in total. The highest BCUT2D eigenvalue weighted by Gasteiger charge is 2.46. The number of anilines is 1. The Morgan fingerprint density at radius 3 is 2.72 bits per heavy atom. The van der Waals surface area contributed by atoms with Crippen LogP contribution in [0.1, 0.15) is 23.9 Å². The highest BCUT2D eigenvalue weighted by molar-refractivity contribution is 9.11. The summed E-state index contributed by atoms with van der Waals surface area (Å²) in [5.74, 6) is 0.613. The predicted octanol–water partition coefficient (Wildman–Crippen LogP) is 1.41. The van der Waals surface area contributed by atoms with Crippen LogP contribution in [0.25, 0.3) is 11.2 Å². The van der Waals surface area contributed by atoms with Crippen LogP contribution < -0.4 is 5.32 Å². The molecule has 0 aromatic carbocycles. The Kier molecular flexibility index (Phi) is 4.84. The number of imidazole rings is 1. The number of hydrogen-bond donors (Lipinski definition) is 4. The van der Waals surface area contributed by atoms with Gasteiger partial charge < -0.3 is 25.4 Å². The number of halogens is 1. The molecule has 4 N–H and O–H groups in total. The van der Waals surface area contributed by atoms with E-state index in [1.54, 1.807) is 15.9 Å². The largest absolute Gasteiger partial charge is 0.394 e. The quantitative estimate of drug-likeness (QED) is 0.416. The van der Waals surface area contributed by atoms with Gasteiger partial charge >= 0.3 is 0 Å². The van der Waals surface area contributed by atoms with Crippen LogP contribution in [-0.4, -0.2) is 66.3 Å². The average molecular weight is 482 g/mol. The third kappa shape index (κ3) is 3.25. The summed E-state index contributed by atoms with van der Waals surface area (Å²) in [6.45, 7) is 0.358. The number of fused-ring (bicyclic) bond motifs is 1. The Bertz CT molecular complexity index is 1040. The van der Waals surface area contributed by atoms with Crippen molar-refractivity contribution >= 4 is 44.2 Å². The van der Waals surface area contributed by atoms with Crippen molar-refractivity contribution in [2.24, 2.45) is 0 Å². The summed E-state index contributed by atoms with van der Waals surface area (Å²) in [6.07, 6.45) is 1.08. The molecule has 0 radical (unpaired) electrons. The van der Waals surface area contributed by atoms with E-state index in [0.717, 1.165) is 23.2 Å². The first-order valence-corrected chi connectivity index (χ1v) is 10.9.